The standard InChI is InChI=1S/C12H11ClN2O2/c1-15-6-5-10(14-15)12(16)9-4-3-8(13)7-11(9)17-2/h3-7H,1-2H3. The van der Waals surface area contributed by atoms with Gasteiger partial charge in [0.15, 0.2) is 0 Å². The van der Waals surface area contributed by atoms with Crippen LogP contribution in [-0.4, -0.2) is 22.7 Å². The fourth-order valence-electron chi connectivity index (χ4n) is 1.53. The number of carbonyl (C=O) groups is 1. The molecule has 4 nitrogen and oxygen atoms in total. The lowest BCUT2D eigenvalue weighted by molar-refractivity contribution is 0.103. The number of carbonyl (C=O) groups excluding carboxylic acids is 1. The van der Waals surface area contributed by atoms with Crippen molar-refractivity contribution in [2.24, 2.45) is 7.05 Å². The number of ketones is 1. The Morgan fingerprint density at radius 2 is 2.18 bits per heavy atom. The lowest BCUT2D eigenvalue weighted by Gasteiger charge is -2.06. The third-order valence-electron chi connectivity index (χ3n) is 2.35. The molecule has 0 aliphatic heterocycles. The summed E-state index contributed by atoms with van der Waals surface area (Å²) in [6, 6.07) is 6.56. The molecule has 1 aromatic heterocycles. The van der Waals surface area contributed by atoms with Crippen molar-refractivity contribution in [2.45, 2.75) is 0 Å². The number of nitrogens with zero attached hydrogens (tertiary/aromatic N) is 2. The number of methoxy groups -OCH3 is 1. The highest BCUT2D eigenvalue weighted by Gasteiger charge is 2.16. The Labute approximate surface area is 104 Å². The summed E-state index contributed by atoms with van der Waals surface area (Å²) in [5, 5.41) is 4.59. The van der Waals surface area contributed by atoms with Crippen molar-refractivity contribution < 1.29 is 9.53 Å². The van der Waals surface area contributed by atoms with E-state index in [9.17, 15) is 4.79 Å². The van der Waals surface area contributed by atoms with Crippen LogP contribution in [0.4, 0.5) is 0 Å². The van der Waals surface area contributed by atoms with Crippen molar-refractivity contribution in [3.63, 3.8) is 0 Å². The molecule has 1 aromatic carbocycles. The number of hydrogen-bond donors (Lipinski definition) is 0. The van der Waals surface area contributed by atoms with Gasteiger partial charge in [0.1, 0.15) is 11.4 Å². The van der Waals surface area contributed by atoms with Crippen molar-refractivity contribution in [3.05, 3.63) is 46.7 Å². The SMILES string of the molecule is COc1cc(Cl)ccc1C(=O)c1ccn(C)n1. The summed E-state index contributed by atoms with van der Waals surface area (Å²) in [5.41, 5.74) is 0.837. The van der Waals surface area contributed by atoms with Gasteiger partial charge in [0.05, 0.1) is 12.7 Å². The van der Waals surface area contributed by atoms with Crippen molar-refractivity contribution >= 4 is 17.4 Å². The molecule has 1 heterocycles. The maximum atomic E-state index is 12.2. The summed E-state index contributed by atoms with van der Waals surface area (Å²) < 4.78 is 6.71. The molecule has 0 unspecified atom stereocenters. The van der Waals surface area contributed by atoms with E-state index >= 15 is 0 Å². The summed E-state index contributed by atoms with van der Waals surface area (Å²) in [6.45, 7) is 0. The summed E-state index contributed by atoms with van der Waals surface area (Å²) in [5.74, 6) is 0.271. The predicted octanol–water partition coefficient (Wildman–Crippen LogP) is 2.31. The molecular formula is C12H11ClN2O2. The van der Waals surface area contributed by atoms with Crippen molar-refractivity contribution in [1.82, 2.24) is 9.78 Å². The van der Waals surface area contributed by atoms with Gasteiger partial charge in [-0.25, -0.2) is 0 Å². The van der Waals surface area contributed by atoms with Crippen molar-refractivity contribution in [2.75, 3.05) is 7.11 Å². The Bertz CT molecular complexity index is 563. The summed E-state index contributed by atoms with van der Waals surface area (Å²) in [4.78, 5) is 12.2. The zero-order valence-electron chi connectivity index (χ0n) is 9.48. The largest absolute Gasteiger partial charge is 0.496 e. The average molecular weight is 251 g/mol. The van der Waals surface area contributed by atoms with Crippen LogP contribution in [0.5, 0.6) is 5.75 Å². The first kappa shape index (κ1) is 11.7. The molecule has 0 fully saturated rings. The van der Waals surface area contributed by atoms with Gasteiger partial charge in [-0.15, -0.1) is 0 Å². The molecule has 0 bridgehead atoms. The monoisotopic (exact) mass is 250 g/mol. The van der Waals surface area contributed by atoms with Crippen LogP contribution in [0, 0.1) is 0 Å². The first-order valence-corrected chi connectivity index (χ1v) is 5.37. The first-order chi connectivity index (χ1) is 8.11. The third-order valence-corrected chi connectivity index (χ3v) is 2.59. The third kappa shape index (κ3) is 2.31. The maximum Gasteiger partial charge on any atom is 0.216 e. The minimum absolute atomic E-state index is 0.181. The van der Waals surface area contributed by atoms with Crippen LogP contribution in [0.15, 0.2) is 30.5 Å². The average Bonchev–Trinajstić information content (AvgIpc) is 2.75. The molecule has 17 heavy (non-hydrogen) atoms. The molecule has 0 spiro atoms. The lowest BCUT2D eigenvalue weighted by atomic mass is 10.1. The number of aromatic nitrogens is 2. The fraction of sp³-hybridized carbons (Fsp3) is 0.167. The molecule has 0 saturated heterocycles. The van der Waals surface area contributed by atoms with Gasteiger partial charge in [-0.05, 0) is 24.3 Å². The molecular weight excluding hydrogens is 240 g/mol. The predicted molar refractivity (Wildman–Crippen MR) is 64.6 cm³/mol. The molecule has 0 N–H and O–H groups in total. The van der Waals surface area contributed by atoms with E-state index in [-0.39, 0.29) is 5.78 Å². The molecule has 5 heteroatoms. The zero-order chi connectivity index (χ0) is 12.4. The normalized spacial score (nSPS) is 10.3. The van der Waals surface area contributed by atoms with E-state index < -0.39 is 0 Å². The van der Waals surface area contributed by atoms with Gasteiger partial charge in [-0.3, -0.25) is 9.48 Å². The number of benzene rings is 1. The number of hydrogen-bond acceptors (Lipinski definition) is 3. The van der Waals surface area contributed by atoms with Crippen LogP contribution in [0.2, 0.25) is 5.02 Å². The minimum atomic E-state index is -0.181. The van der Waals surface area contributed by atoms with E-state index in [4.69, 9.17) is 16.3 Å². The van der Waals surface area contributed by atoms with Crippen LogP contribution < -0.4 is 4.74 Å². The topological polar surface area (TPSA) is 44.1 Å². The van der Waals surface area contributed by atoms with E-state index in [0.717, 1.165) is 0 Å². The summed E-state index contributed by atoms with van der Waals surface area (Å²) >= 11 is 5.84. The number of rotatable bonds is 3. The molecule has 0 atom stereocenters. The minimum Gasteiger partial charge on any atom is -0.496 e. The lowest BCUT2D eigenvalue weighted by Crippen LogP contribution is -2.05. The second-order valence-electron chi connectivity index (χ2n) is 3.55. The molecule has 2 rings (SSSR count). The number of ether oxygens (including phenoxy) is 1. The highest BCUT2D eigenvalue weighted by Crippen LogP contribution is 2.24. The quantitative estimate of drug-likeness (QED) is 0.786. The highest BCUT2D eigenvalue weighted by atomic mass is 35.5. The van der Waals surface area contributed by atoms with Gasteiger partial charge in [0, 0.05) is 18.3 Å². The Hall–Kier alpha value is -1.81. The van der Waals surface area contributed by atoms with E-state index in [2.05, 4.69) is 5.10 Å². The van der Waals surface area contributed by atoms with Crippen molar-refractivity contribution in [1.29, 1.82) is 0 Å². The fourth-order valence-corrected chi connectivity index (χ4v) is 1.69. The van der Waals surface area contributed by atoms with Gasteiger partial charge < -0.3 is 4.74 Å². The second-order valence-corrected chi connectivity index (χ2v) is 3.98. The van der Waals surface area contributed by atoms with Gasteiger partial charge >= 0.3 is 0 Å². The summed E-state index contributed by atoms with van der Waals surface area (Å²) in [6.07, 6.45) is 1.72. The highest BCUT2D eigenvalue weighted by molar-refractivity contribution is 6.31. The van der Waals surface area contributed by atoms with Gasteiger partial charge in [0.25, 0.3) is 0 Å². The Morgan fingerprint density at radius 1 is 1.41 bits per heavy atom. The number of halogens is 1. The van der Waals surface area contributed by atoms with Crippen molar-refractivity contribution in [3.8, 4) is 5.75 Å². The Kier molecular flexibility index (Phi) is 3.15. The van der Waals surface area contributed by atoms with Gasteiger partial charge in [-0.2, -0.15) is 5.10 Å². The van der Waals surface area contributed by atoms with E-state index in [1.807, 2.05) is 0 Å². The summed E-state index contributed by atoms with van der Waals surface area (Å²) in [7, 11) is 3.26. The van der Waals surface area contributed by atoms with E-state index in [1.54, 1.807) is 42.2 Å². The Morgan fingerprint density at radius 3 is 2.76 bits per heavy atom. The molecule has 0 radical (unpaired) electrons. The van der Waals surface area contributed by atoms with Crippen LogP contribution in [0.25, 0.3) is 0 Å². The van der Waals surface area contributed by atoms with Crippen LogP contribution in [-0.2, 0) is 7.05 Å². The molecule has 2 aromatic rings. The zero-order valence-corrected chi connectivity index (χ0v) is 10.2. The van der Waals surface area contributed by atoms with Crippen LogP contribution in [0.1, 0.15) is 16.1 Å². The first-order valence-electron chi connectivity index (χ1n) is 4.99. The van der Waals surface area contributed by atoms with E-state index in [0.29, 0.717) is 22.0 Å². The molecule has 0 saturated carbocycles. The molecule has 88 valence electrons. The van der Waals surface area contributed by atoms with Crippen LogP contribution in [0.3, 0.4) is 0 Å². The van der Waals surface area contributed by atoms with Crippen LogP contribution >= 0.6 is 11.6 Å². The van der Waals surface area contributed by atoms with Gasteiger partial charge in [0.2, 0.25) is 5.78 Å². The van der Waals surface area contributed by atoms with E-state index in [1.165, 1.54) is 7.11 Å². The smallest absolute Gasteiger partial charge is 0.216 e. The number of aryl methyl sites for hydroxylation is 1. The maximum absolute atomic E-state index is 12.2. The second kappa shape index (κ2) is 4.59. The molecule has 0 amide bonds. The molecule has 0 aliphatic rings. The Balaban J connectivity index is 2.43. The molecule has 0 aliphatic carbocycles. The van der Waals surface area contributed by atoms with Gasteiger partial charge in [-0.1, -0.05) is 11.6 Å².